The van der Waals surface area contributed by atoms with E-state index in [1.165, 1.54) is 18.4 Å². The number of benzene rings is 1. The van der Waals surface area contributed by atoms with Crippen LogP contribution in [0.2, 0.25) is 5.02 Å². The number of alkyl halides is 3. The molecule has 4 rings (SSSR count). The molecule has 2 atom stereocenters. The summed E-state index contributed by atoms with van der Waals surface area (Å²) >= 11 is 7.77. The Hall–Kier alpha value is -2.72. The van der Waals surface area contributed by atoms with Crippen LogP contribution >= 0.6 is 22.9 Å². The van der Waals surface area contributed by atoms with E-state index in [4.69, 9.17) is 16.3 Å². The van der Waals surface area contributed by atoms with Gasteiger partial charge < -0.3 is 15.4 Å². The van der Waals surface area contributed by atoms with Gasteiger partial charge in [0.05, 0.1) is 19.7 Å². The second kappa shape index (κ2) is 8.43. The summed E-state index contributed by atoms with van der Waals surface area (Å²) in [5.74, 6) is -0.0685. The van der Waals surface area contributed by atoms with E-state index in [-0.39, 0.29) is 29.5 Å². The molecule has 1 amide bonds. The molecule has 0 saturated carbocycles. The van der Waals surface area contributed by atoms with E-state index in [9.17, 15) is 18.0 Å². The number of hydrogen-bond donors (Lipinski definition) is 2. The molecule has 2 aromatic heterocycles. The molecular weight excluding hydrogens is 453 g/mol. The van der Waals surface area contributed by atoms with Crippen LogP contribution in [0, 0.1) is 0 Å². The number of nitrogens with one attached hydrogen (secondary N) is 2. The minimum atomic E-state index is -4.57. The summed E-state index contributed by atoms with van der Waals surface area (Å²) < 4.78 is 47.4. The number of amides is 1. The number of halogens is 4. The van der Waals surface area contributed by atoms with E-state index in [1.807, 2.05) is 17.5 Å². The molecule has 11 heteroatoms. The van der Waals surface area contributed by atoms with Crippen LogP contribution in [0.15, 0.2) is 41.8 Å². The molecule has 0 saturated heterocycles. The van der Waals surface area contributed by atoms with Crippen molar-refractivity contribution >= 4 is 34.7 Å². The molecule has 0 aliphatic carbocycles. The first-order chi connectivity index (χ1) is 14.8. The van der Waals surface area contributed by atoms with Crippen LogP contribution in [0.1, 0.15) is 39.4 Å². The molecular formula is C20H18ClF3N4O2S. The van der Waals surface area contributed by atoms with Gasteiger partial charge in [-0.2, -0.15) is 18.3 Å². The van der Waals surface area contributed by atoms with Crippen LogP contribution in [-0.4, -0.2) is 29.0 Å². The standard InChI is InChI=1S/C20H18ClF3N4O2S/c1-30-12-6-4-11(5-7-12)14-9-15(20(22,23)24)28-18(26-14)16(21)17(27-28)19(29)25-10-13-3-2-8-31-13/h2-8,14-15,26H,9-10H2,1H3,(H,25,29)/t14-,15-/m0/s1. The number of thiophene rings is 1. The maximum atomic E-state index is 13.9. The second-order valence-corrected chi connectivity index (χ2v) is 8.39. The molecule has 0 bridgehead atoms. The number of nitrogens with zero attached hydrogens (tertiary/aromatic N) is 2. The molecule has 2 N–H and O–H groups in total. The molecule has 0 radical (unpaired) electrons. The normalized spacial score (nSPS) is 18.2. The molecule has 0 fully saturated rings. The third kappa shape index (κ3) is 4.35. The van der Waals surface area contributed by atoms with Gasteiger partial charge in [-0.3, -0.25) is 4.79 Å². The summed E-state index contributed by atoms with van der Waals surface area (Å²) in [4.78, 5) is 13.5. The summed E-state index contributed by atoms with van der Waals surface area (Å²) in [6, 6.07) is 7.83. The van der Waals surface area contributed by atoms with Gasteiger partial charge in [-0.05, 0) is 29.1 Å². The van der Waals surface area contributed by atoms with Crippen LogP contribution in [0.5, 0.6) is 5.75 Å². The van der Waals surface area contributed by atoms with E-state index in [1.54, 1.807) is 24.3 Å². The Morgan fingerprint density at radius 1 is 1.35 bits per heavy atom. The van der Waals surface area contributed by atoms with Crippen LogP contribution in [0.4, 0.5) is 19.0 Å². The van der Waals surface area contributed by atoms with Crippen LogP contribution < -0.4 is 15.4 Å². The van der Waals surface area contributed by atoms with E-state index < -0.39 is 24.2 Å². The fourth-order valence-corrected chi connectivity index (χ4v) is 4.36. The highest BCUT2D eigenvalue weighted by Crippen LogP contribution is 2.46. The summed E-state index contributed by atoms with van der Waals surface area (Å²) in [6.45, 7) is 0.236. The summed E-state index contributed by atoms with van der Waals surface area (Å²) in [5.41, 5.74) is 0.396. The highest BCUT2D eigenvalue weighted by Gasteiger charge is 2.47. The SMILES string of the molecule is COc1ccc([C@@H]2C[C@@H](C(F)(F)F)n3nc(C(=O)NCc4cccs4)c(Cl)c3N2)cc1. The Bertz CT molecular complexity index is 1070. The maximum Gasteiger partial charge on any atom is 0.410 e. The number of fused-ring (bicyclic) bond motifs is 1. The Kier molecular flexibility index (Phi) is 5.85. The monoisotopic (exact) mass is 470 g/mol. The first kappa shape index (κ1) is 21.5. The quantitative estimate of drug-likeness (QED) is 0.538. The molecule has 3 aromatic rings. The zero-order valence-corrected chi connectivity index (χ0v) is 17.8. The average molecular weight is 471 g/mol. The van der Waals surface area contributed by atoms with Crippen LogP contribution in [0.3, 0.4) is 0 Å². The number of ether oxygens (including phenoxy) is 1. The van der Waals surface area contributed by atoms with Gasteiger partial charge in [0.1, 0.15) is 16.6 Å². The molecule has 31 heavy (non-hydrogen) atoms. The molecule has 6 nitrogen and oxygen atoms in total. The smallest absolute Gasteiger partial charge is 0.410 e. The van der Waals surface area contributed by atoms with Gasteiger partial charge in [0.25, 0.3) is 5.91 Å². The van der Waals surface area contributed by atoms with Crippen molar-refractivity contribution in [3.63, 3.8) is 0 Å². The van der Waals surface area contributed by atoms with E-state index in [2.05, 4.69) is 15.7 Å². The lowest BCUT2D eigenvalue weighted by atomic mass is 9.97. The second-order valence-electron chi connectivity index (χ2n) is 6.98. The molecule has 164 valence electrons. The van der Waals surface area contributed by atoms with Crippen molar-refractivity contribution in [1.29, 1.82) is 0 Å². The largest absolute Gasteiger partial charge is 0.497 e. The zero-order valence-electron chi connectivity index (χ0n) is 16.2. The predicted molar refractivity (Wildman–Crippen MR) is 112 cm³/mol. The number of carbonyl (C=O) groups is 1. The third-order valence-electron chi connectivity index (χ3n) is 5.03. The Labute approximate surface area is 185 Å². The number of anilines is 1. The molecule has 0 unspecified atom stereocenters. The molecule has 1 aromatic carbocycles. The molecule has 3 heterocycles. The van der Waals surface area contributed by atoms with E-state index in [0.717, 1.165) is 9.56 Å². The topological polar surface area (TPSA) is 68.2 Å². The van der Waals surface area contributed by atoms with Crippen molar-refractivity contribution in [2.24, 2.45) is 0 Å². The van der Waals surface area contributed by atoms with Gasteiger partial charge in [0.15, 0.2) is 11.7 Å². The number of methoxy groups -OCH3 is 1. The number of rotatable bonds is 5. The Balaban J connectivity index is 1.64. The lowest BCUT2D eigenvalue weighted by Crippen LogP contribution is -2.35. The summed E-state index contributed by atoms with van der Waals surface area (Å²) in [6.07, 6.45) is -4.86. The van der Waals surface area contributed by atoms with Crippen LogP contribution in [0.25, 0.3) is 0 Å². The van der Waals surface area contributed by atoms with E-state index >= 15 is 0 Å². The van der Waals surface area contributed by atoms with Crippen molar-refractivity contribution < 1.29 is 22.7 Å². The van der Waals surface area contributed by atoms with Crippen molar-refractivity contribution in [2.45, 2.75) is 31.2 Å². The third-order valence-corrected chi connectivity index (χ3v) is 6.27. The highest BCUT2D eigenvalue weighted by molar-refractivity contribution is 7.09. The van der Waals surface area contributed by atoms with Gasteiger partial charge >= 0.3 is 6.18 Å². The maximum absolute atomic E-state index is 13.9. The van der Waals surface area contributed by atoms with Gasteiger partial charge in [-0.15, -0.1) is 11.3 Å². The van der Waals surface area contributed by atoms with Gasteiger partial charge in [-0.1, -0.05) is 29.8 Å². The Morgan fingerprint density at radius 3 is 2.71 bits per heavy atom. The van der Waals surface area contributed by atoms with Gasteiger partial charge in [0, 0.05) is 11.3 Å². The molecule has 1 aliphatic heterocycles. The van der Waals surface area contributed by atoms with Crippen molar-refractivity contribution in [3.05, 3.63) is 62.9 Å². The minimum absolute atomic E-state index is 0.0302. The minimum Gasteiger partial charge on any atom is -0.497 e. The fraction of sp³-hybridized carbons (Fsp3) is 0.300. The number of carbonyl (C=O) groups excluding carboxylic acids is 1. The zero-order chi connectivity index (χ0) is 22.2. The lowest BCUT2D eigenvalue weighted by molar-refractivity contribution is -0.173. The Morgan fingerprint density at radius 2 is 2.10 bits per heavy atom. The van der Waals surface area contributed by atoms with Gasteiger partial charge in [-0.25, -0.2) is 4.68 Å². The first-order valence-corrected chi connectivity index (χ1v) is 10.6. The predicted octanol–water partition coefficient (Wildman–Crippen LogP) is 5.20. The summed E-state index contributed by atoms with van der Waals surface area (Å²) in [5, 5.41) is 11.3. The number of aromatic nitrogens is 2. The average Bonchev–Trinajstić information content (AvgIpc) is 3.39. The fourth-order valence-electron chi connectivity index (χ4n) is 3.45. The van der Waals surface area contributed by atoms with Crippen LogP contribution in [-0.2, 0) is 6.54 Å². The molecule has 1 aliphatic rings. The van der Waals surface area contributed by atoms with Crippen molar-refractivity contribution in [2.75, 3.05) is 12.4 Å². The van der Waals surface area contributed by atoms with E-state index in [0.29, 0.717) is 11.3 Å². The van der Waals surface area contributed by atoms with Crippen molar-refractivity contribution in [1.82, 2.24) is 15.1 Å². The summed E-state index contributed by atoms with van der Waals surface area (Å²) in [7, 11) is 1.51. The lowest BCUT2D eigenvalue weighted by Gasteiger charge is -2.33. The first-order valence-electron chi connectivity index (χ1n) is 9.33. The van der Waals surface area contributed by atoms with Gasteiger partial charge in [0.2, 0.25) is 0 Å². The van der Waals surface area contributed by atoms with Crippen molar-refractivity contribution in [3.8, 4) is 5.75 Å². The molecule has 0 spiro atoms. The highest BCUT2D eigenvalue weighted by atomic mass is 35.5. The number of hydrogen-bond acceptors (Lipinski definition) is 5.